The summed E-state index contributed by atoms with van der Waals surface area (Å²) >= 11 is 6.17. The van der Waals surface area contributed by atoms with Crippen LogP contribution in [0.5, 0.6) is 0 Å². The molecule has 0 saturated carbocycles. The van der Waals surface area contributed by atoms with Gasteiger partial charge in [-0.1, -0.05) is 41.9 Å². The number of halogens is 1. The van der Waals surface area contributed by atoms with Crippen LogP contribution in [0.2, 0.25) is 5.02 Å². The maximum Gasteiger partial charge on any atom is 0.137 e. The minimum Gasteiger partial charge on any atom is -0.365 e. The summed E-state index contributed by atoms with van der Waals surface area (Å²) in [6.07, 6.45) is 1.58. The summed E-state index contributed by atoms with van der Waals surface area (Å²) in [6.45, 7) is 2.70. The van der Waals surface area contributed by atoms with Gasteiger partial charge in [0.05, 0.1) is 5.52 Å². The minimum atomic E-state index is 0.639. The molecule has 0 aliphatic carbocycles. The van der Waals surface area contributed by atoms with Crippen LogP contribution in [-0.2, 0) is 6.54 Å². The van der Waals surface area contributed by atoms with E-state index in [-0.39, 0.29) is 0 Å². The standard InChI is InChI=1S/C16H14ClN3/c1-11-5-4-8-14-15(11)16(20-10-19-14)18-9-12-6-2-3-7-13(12)17/h2-8,10H,9H2,1H3,(H,18,19,20). The third-order valence-electron chi connectivity index (χ3n) is 3.28. The maximum absolute atomic E-state index is 6.17. The average Bonchev–Trinajstić information content (AvgIpc) is 2.46. The Bertz CT molecular complexity index is 750. The molecule has 1 heterocycles. The molecule has 0 bridgehead atoms. The Balaban J connectivity index is 1.94. The van der Waals surface area contributed by atoms with Crippen LogP contribution in [0.25, 0.3) is 10.9 Å². The van der Waals surface area contributed by atoms with Gasteiger partial charge in [-0.05, 0) is 30.2 Å². The van der Waals surface area contributed by atoms with Gasteiger partial charge in [-0.3, -0.25) is 0 Å². The Labute approximate surface area is 122 Å². The molecule has 4 heteroatoms. The highest BCUT2D eigenvalue weighted by atomic mass is 35.5. The lowest BCUT2D eigenvalue weighted by atomic mass is 10.1. The quantitative estimate of drug-likeness (QED) is 0.783. The molecule has 1 N–H and O–H groups in total. The molecule has 100 valence electrons. The highest BCUT2D eigenvalue weighted by Crippen LogP contribution is 2.24. The predicted octanol–water partition coefficient (Wildman–Crippen LogP) is 4.20. The number of hydrogen-bond acceptors (Lipinski definition) is 3. The SMILES string of the molecule is Cc1cccc2ncnc(NCc3ccccc3Cl)c12. The Morgan fingerprint density at radius 2 is 1.90 bits per heavy atom. The van der Waals surface area contributed by atoms with E-state index in [4.69, 9.17) is 11.6 Å². The number of rotatable bonds is 3. The summed E-state index contributed by atoms with van der Waals surface area (Å²) in [5, 5.41) is 5.17. The molecule has 20 heavy (non-hydrogen) atoms. The molecular formula is C16H14ClN3. The number of fused-ring (bicyclic) bond motifs is 1. The van der Waals surface area contributed by atoms with Crippen LogP contribution in [-0.4, -0.2) is 9.97 Å². The van der Waals surface area contributed by atoms with Gasteiger partial charge in [0, 0.05) is 17.0 Å². The van der Waals surface area contributed by atoms with Crippen molar-refractivity contribution in [1.82, 2.24) is 9.97 Å². The van der Waals surface area contributed by atoms with Crippen LogP contribution >= 0.6 is 11.6 Å². The lowest BCUT2D eigenvalue weighted by Gasteiger charge is -2.10. The van der Waals surface area contributed by atoms with Crippen molar-refractivity contribution in [2.45, 2.75) is 13.5 Å². The molecule has 0 fully saturated rings. The van der Waals surface area contributed by atoms with Crippen molar-refractivity contribution in [1.29, 1.82) is 0 Å². The molecule has 0 unspecified atom stereocenters. The number of aromatic nitrogens is 2. The van der Waals surface area contributed by atoms with E-state index in [0.717, 1.165) is 32.9 Å². The molecule has 3 nitrogen and oxygen atoms in total. The first-order valence-electron chi connectivity index (χ1n) is 6.43. The topological polar surface area (TPSA) is 37.8 Å². The Kier molecular flexibility index (Phi) is 3.52. The fourth-order valence-corrected chi connectivity index (χ4v) is 2.44. The van der Waals surface area contributed by atoms with E-state index in [1.54, 1.807) is 6.33 Å². The molecule has 0 aliphatic heterocycles. The van der Waals surface area contributed by atoms with Crippen LogP contribution in [0.4, 0.5) is 5.82 Å². The van der Waals surface area contributed by atoms with Crippen molar-refractivity contribution in [2.24, 2.45) is 0 Å². The molecule has 0 aliphatic rings. The summed E-state index contributed by atoms with van der Waals surface area (Å²) < 4.78 is 0. The lowest BCUT2D eigenvalue weighted by molar-refractivity contribution is 1.10. The number of benzene rings is 2. The maximum atomic E-state index is 6.17. The van der Waals surface area contributed by atoms with Crippen LogP contribution in [0.3, 0.4) is 0 Å². The summed E-state index contributed by atoms with van der Waals surface area (Å²) in [4.78, 5) is 8.65. The van der Waals surface area contributed by atoms with E-state index in [0.29, 0.717) is 6.54 Å². The highest BCUT2D eigenvalue weighted by molar-refractivity contribution is 6.31. The van der Waals surface area contributed by atoms with Crippen molar-refractivity contribution in [3.05, 3.63) is 64.9 Å². The Hall–Kier alpha value is -2.13. The Morgan fingerprint density at radius 3 is 2.75 bits per heavy atom. The number of nitrogens with one attached hydrogen (secondary N) is 1. The van der Waals surface area contributed by atoms with Gasteiger partial charge in [-0.25, -0.2) is 9.97 Å². The van der Waals surface area contributed by atoms with Gasteiger partial charge in [0.2, 0.25) is 0 Å². The number of aryl methyl sites for hydroxylation is 1. The fraction of sp³-hybridized carbons (Fsp3) is 0.125. The number of nitrogens with zero attached hydrogens (tertiary/aromatic N) is 2. The summed E-state index contributed by atoms with van der Waals surface area (Å²) in [5.41, 5.74) is 3.15. The average molecular weight is 284 g/mol. The third-order valence-corrected chi connectivity index (χ3v) is 3.64. The summed E-state index contributed by atoms with van der Waals surface area (Å²) in [6, 6.07) is 13.9. The van der Waals surface area contributed by atoms with E-state index in [9.17, 15) is 0 Å². The highest BCUT2D eigenvalue weighted by Gasteiger charge is 2.06. The summed E-state index contributed by atoms with van der Waals surface area (Å²) in [7, 11) is 0. The molecule has 3 aromatic rings. The normalized spacial score (nSPS) is 10.7. The second-order valence-corrected chi connectivity index (χ2v) is 5.04. The van der Waals surface area contributed by atoms with Crippen molar-refractivity contribution in [3.8, 4) is 0 Å². The molecule has 0 amide bonds. The third kappa shape index (κ3) is 2.45. The van der Waals surface area contributed by atoms with E-state index in [2.05, 4.69) is 28.3 Å². The van der Waals surface area contributed by atoms with Crippen LogP contribution in [0.15, 0.2) is 48.8 Å². The van der Waals surface area contributed by atoms with Crippen molar-refractivity contribution < 1.29 is 0 Å². The van der Waals surface area contributed by atoms with E-state index in [1.165, 1.54) is 0 Å². The monoisotopic (exact) mass is 283 g/mol. The largest absolute Gasteiger partial charge is 0.365 e. The first-order valence-corrected chi connectivity index (χ1v) is 6.81. The van der Waals surface area contributed by atoms with Gasteiger partial charge >= 0.3 is 0 Å². The molecule has 0 radical (unpaired) electrons. The first-order chi connectivity index (χ1) is 9.75. The number of anilines is 1. The minimum absolute atomic E-state index is 0.639. The summed E-state index contributed by atoms with van der Waals surface area (Å²) in [5.74, 6) is 0.841. The van der Waals surface area contributed by atoms with E-state index in [1.807, 2.05) is 36.4 Å². The zero-order chi connectivity index (χ0) is 13.9. The van der Waals surface area contributed by atoms with E-state index >= 15 is 0 Å². The van der Waals surface area contributed by atoms with Gasteiger partial charge in [0.25, 0.3) is 0 Å². The molecule has 3 rings (SSSR count). The molecule has 0 saturated heterocycles. The van der Waals surface area contributed by atoms with Crippen LogP contribution in [0, 0.1) is 6.92 Å². The van der Waals surface area contributed by atoms with Crippen molar-refractivity contribution in [3.63, 3.8) is 0 Å². The zero-order valence-corrected chi connectivity index (χ0v) is 11.9. The fourth-order valence-electron chi connectivity index (χ4n) is 2.24. The molecular weight excluding hydrogens is 270 g/mol. The molecule has 1 aromatic heterocycles. The van der Waals surface area contributed by atoms with Crippen molar-refractivity contribution >= 4 is 28.3 Å². The van der Waals surface area contributed by atoms with Crippen LogP contribution < -0.4 is 5.32 Å². The Morgan fingerprint density at radius 1 is 1.05 bits per heavy atom. The predicted molar refractivity (Wildman–Crippen MR) is 83.1 cm³/mol. The zero-order valence-electron chi connectivity index (χ0n) is 11.1. The van der Waals surface area contributed by atoms with Gasteiger partial charge in [-0.2, -0.15) is 0 Å². The van der Waals surface area contributed by atoms with E-state index < -0.39 is 0 Å². The second kappa shape index (κ2) is 5.47. The van der Waals surface area contributed by atoms with Gasteiger partial charge in [-0.15, -0.1) is 0 Å². The molecule has 0 atom stereocenters. The first kappa shape index (κ1) is 12.9. The van der Waals surface area contributed by atoms with Gasteiger partial charge < -0.3 is 5.32 Å². The van der Waals surface area contributed by atoms with Gasteiger partial charge in [0.1, 0.15) is 12.1 Å². The smallest absolute Gasteiger partial charge is 0.137 e. The van der Waals surface area contributed by atoms with Crippen molar-refractivity contribution in [2.75, 3.05) is 5.32 Å². The molecule has 0 spiro atoms. The second-order valence-electron chi connectivity index (χ2n) is 4.64. The molecule has 2 aromatic carbocycles. The van der Waals surface area contributed by atoms with Gasteiger partial charge in [0.15, 0.2) is 0 Å². The number of hydrogen-bond donors (Lipinski definition) is 1. The lowest BCUT2D eigenvalue weighted by Crippen LogP contribution is -2.03. The van der Waals surface area contributed by atoms with Crippen LogP contribution in [0.1, 0.15) is 11.1 Å².